The molecule has 23 heavy (non-hydrogen) atoms. The number of carbonyl (C=O) groups excluding carboxylic acids is 1. The van der Waals surface area contributed by atoms with Crippen molar-refractivity contribution in [2.45, 2.75) is 62.1 Å². The molecule has 1 spiro atoms. The lowest BCUT2D eigenvalue weighted by molar-refractivity contribution is -0.113. The molecule has 2 aliphatic carbocycles. The van der Waals surface area contributed by atoms with Crippen molar-refractivity contribution in [2.75, 3.05) is 16.4 Å². The summed E-state index contributed by atoms with van der Waals surface area (Å²) < 4.78 is 0. The fourth-order valence-corrected chi connectivity index (χ4v) is 5.02. The van der Waals surface area contributed by atoms with Crippen LogP contribution in [0, 0.1) is 5.41 Å². The summed E-state index contributed by atoms with van der Waals surface area (Å²) in [6.45, 7) is 0. The van der Waals surface area contributed by atoms with Gasteiger partial charge >= 0.3 is 0 Å². The van der Waals surface area contributed by atoms with E-state index in [0.717, 1.165) is 37.1 Å². The van der Waals surface area contributed by atoms with E-state index in [4.69, 9.17) is 0 Å². The van der Waals surface area contributed by atoms with E-state index in [9.17, 15) is 9.90 Å². The Morgan fingerprint density at radius 3 is 3.00 bits per heavy atom. The van der Waals surface area contributed by atoms with Gasteiger partial charge < -0.3 is 15.7 Å². The summed E-state index contributed by atoms with van der Waals surface area (Å²) in [4.78, 5) is 20.3. The highest BCUT2D eigenvalue weighted by atomic mass is 32.2. The normalized spacial score (nSPS) is 29.2. The molecular weight excluding hydrogens is 312 g/mol. The van der Waals surface area contributed by atoms with E-state index in [1.54, 1.807) is 6.20 Å². The Kier molecular flexibility index (Phi) is 3.93. The standard InChI is InChI=1S/C16H22N4O2S/c21-12-4-3-10(7-16(12)5-1-2-6-16)18-15-17-8-11-14(20-15)23-9-13(22)19-11/h8,10,12,21H,1-7,9H2,(H,19,22)(H,17,18,20). The van der Waals surface area contributed by atoms with Gasteiger partial charge in [0.2, 0.25) is 11.9 Å². The minimum Gasteiger partial charge on any atom is -0.393 e. The first-order valence-electron chi connectivity index (χ1n) is 8.39. The summed E-state index contributed by atoms with van der Waals surface area (Å²) >= 11 is 1.45. The van der Waals surface area contributed by atoms with E-state index in [2.05, 4.69) is 20.6 Å². The Labute approximate surface area is 139 Å². The first kappa shape index (κ1) is 15.2. The van der Waals surface area contributed by atoms with Crippen LogP contribution in [0.15, 0.2) is 11.2 Å². The predicted molar refractivity (Wildman–Crippen MR) is 89.6 cm³/mol. The second-order valence-corrected chi connectivity index (χ2v) is 7.92. The van der Waals surface area contributed by atoms with Gasteiger partial charge in [-0.2, -0.15) is 0 Å². The van der Waals surface area contributed by atoms with E-state index in [1.165, 1.54) is 24.6 Å². The number of hydrogen-bond acceptors (Lipinski definition) is 6. The Balaban J connectivity index is 1.47. The smallest absolute Gasteiger partial charge is 0.234 e. The summed E-state index contributed by atoms with van der Waals surface area (Å²) in [6, 6.07) is 0.317. The number of aromatic nitrogens is 2. The van der Waals surface area contributed by atoms with Crippen molar-refractivity contribution in [1.29, 1.82) is 0 Å². The van der Waals surface area contributed by atoms with E-state index >= 15 is 0 Å². The monoisotopic (exact) mass is 334 g/mol. The van der Waals surface area contributed by atoms with Crippen molar-refractivity contribution < 1.29 is 9.90 Å². The minimum atomic E-state index is -0.154. The first-order valence-corrected chi connectivity index (χ1v) is 9.37. The summed E-state index contributed by atoms with van der Waals surface area (Å²) in [5, 5.41) is 17.5. The van der Waals surface area contributed by atoms with Gasteiger partial charge in [0.25, 0.3) is 0 Å². The van der Waals surface area contributed by atoms with Crippen molar-refractivity contribution in [3.63, 3.8) is 0 Å². The van der Waals surface area contributed by atoms with Gasteiger partial charge in [0.05, 0.1) is 23.7 Å². The van der Waals surface area contributed by atoms with Gasteiger partial charge in [0.1, 0.15) is 5.03 Å². The molecule has 6 nitrogen and oxygen atoms in total. The quantitative estimate of drug-likeness (QED) is 0.720. The van der Waals surface area contributed by atoms with E-state index in [1.807, 2.05) is 0 Å². The number of aliphatic hydroxyl groups excluding tert-OH is 1. The van der Waals surface area contributed by atoms with Gasteiger partial charge in [-0.25, -0.2) is 9.97 Å². The van der Waals surface area contributed by atoms with Crippen molar-refractivity contribution in [1.82, 2.24) is 9.97 Å². The molecule has 2 heterocycles. The van der Waals surface area contributed by atoms with Crippen molar-refractivity contribution in [2.24, 2.45) is 5.41 Å². The maximum Gasteiger partial charge on any atom is 0.234 e. The number of amides is 1. The zero-order chi connectivity index (χ0) is 15.9. The predicted octanol–water partition coefficient (Wildman–Crippen LogP) is 2.41. The molecule has 124 valence electrons. The topological polar surface area (TPSA) is 87.1 Å². The van der Waals surface area contributed by atoms with Gasteiger partial charge in [-0.1, -0.05) is 24.6 Å². The van der Waals surface area contributed by atoms with Crippen LogP contribution in [-0.2, 0) is 4.79 Å². The number of fused-ring (bicyclic) bond motifs is 1. The third-order valence-corrected chi connectivity index (χ3v) is 6.44. The highest BCUT2D eigenvalue weighted by molar-refractivity contribution is 8.00. The summed E-state index contributed by atoms with van der Waals surface area (Å²) in [5.41, 5.74) is 0.801. The lowest BCUT2D eigenvalue weighted by Crippen LogP contribution is -2.43. The average Bonchev–Trinajstić information content (AvgIpc) is 3.01. The van der Waals surface area contributed by atoms with Gasteiger partial charge in [0.15, 0.2) is 0 Å². The number of thioether (sulfide) groups is 1. The molecule has 1 aromatic rings. The van der Waals surface area contributed by atoms with Crippen LogP contribution in [0.3, 0.4) is 0 Å². The summed E-state index contributed by atoms with van der Waals surface area (Å²) in [5.74, 6) is 1.03. The van der Waals surface area contributed by atoms with Gasteiger partial charge in [-0.05, 0) is 37.5 Å². The number of hydrogen-bond donors (Lipinski definition) is 3. The van der Waals surface area contributed by atoms with Gasteiger partial charge in [-0.3, -0.25) is 4.79 Å². The number of carbonyl (C=O) groups is 1. The number of aliphatic hydroxyl groups is 1. The van der Waals surface area contributed by atoms with E-state index in [-0.39, 0.29) is 17.4 Å². The average molecular weight is 334 g/mol. The maximum atomic E-state index is 11.4. The molecule has 2 fully saturated rings. The molecule has 0 saturated heterocycles. The molecule has 1 aliphatic heterocycles. The molecular formula is C16H22N4O2S. The highest BCUT2D eigenvalue weighted by Crippen LogP contribution is 2.49. The third kappa shape index (κ3) is 2.92. The second kappa shape index (κ2) is 5.94. The fraction of sp³-hybridized carbons (Fsp3) is 0.688. The van der Waals surface area contributed by atoms with Crippen LogP contribution >= 0.6 is 11.8 Å². The van der Waals surface area contributed by atoms with Crippen LogP contribution in [0.1, 0.15) is 44.9 Å². The highest BCUT2D eigenvalue weighted by Gasteiger charge is 2.45. The van der Waals surface area contributed by atoms with Crippen LogP contribution in [-0.4, -0.2) is 38.9 Å². The Morgan fingerprint density at radius 2 is 2.17 bits per heavy atom. The van der Waals surface area contributed by atoms with Gasteiger partial charge in [0, 0.05) is 6.04 Å². The Morgan fingerprint density at radius 1 is 1.35 bits per heavy atom. The van der Waals surface area contributed by atoms with Crippen molar-refractivity contribution in [3.05, 3.63) is 6.20 Å². The lowest BCUT2D eigenvalue weighted by Gasteiger charge is -2.42. The van der Waals surface area contributed by atoms with Crippen LogP contribution in [0.5, 0.6) is 0 Å². The van der Waals surface area contributed by atoms with Crippen LogP contribution < -0.4 is 10.6 Å². The minimum absolute atomic E-state index is 0.00347. The lowest BCUT2D eigenvalue weighted by atomic mass is 9.69. The van der Waals surface area contributed by atoms with E-state index in [0.29, 0.717) is 23.4 Å². The molecule has 3 N–H and O–H groups in total. The molecule has 2 atom stereocenters. The van der Waals surface area contributed by atoms with Crippen molar-refractivity contribution in [3.8, 4) is 0 Å². The zero-order valence-electron chi connectivity index (χ0n) is 13.0. The zero-order valence-corrected chi connectivity index (χ0v) is 13.9. The molecule has 0 aromatic carbocycles. The largest absolute Gasteiger partial charge is 0.393 e. The fourth-order valence-electron chi connectivity index (χ4n) is 4.27. The van der Waals surface area contributed by atoms with Crippen LogP contribution in [0.2, 0.25) is 0 Å². The summed E-state index contributed by atoms with van der Waals surface area (Å²) in [7, 11) is 0. The number of nitrogens with zero attached hydrogens (tertiary/aromatic N) is 2. The Hall–Kier alpha value is -1.34. The van der Waals surface area contributed by atoms with Gasteiger partial charge in [-0.15, -0.1) is 0 Å². The molecule has 2 unspecified atom stereocenters. The molecule has 1 amide bonds. The van der Waals surface area contributed by atoms with Crippen LogP contribution in [0.4, 0.5) is 11.6 Å². The Bertz CT molecular complexity index is 618. The molecule has 4 rings (SSSR count). The number of rotatable bonds is 2. The SMILES string of the molecule is O=C1CSc2nc(NC3CCC(O)C4(CCCC4)C3)ncc2N1. The number of anilines is 2. The van der Waals surface area contributed by atoms with Crippen molar-refractivity contribution >= 4 is 29.3 Å². The summed E-state index contributed by atoms with van der Waals surface area (Å²) in [6.07, 6.45) is 9.07. The molecule has 7 heteroatoms. The third-order valence-electron chi connectivity index (χ3n) is 5.45. The molecule has 0 radical (unpaired) electrons. The second-order valence-electron chi connectivity index (χ2n) is 6.96. The molecule has 3 aliphatic rings. The number of nitrogens with one attached hydrogen (secondary N) is 2. The van der Waals surface area contributed by atoms with E-state index < -0.39 is 0 Å². The maximum absolute atomic E-state index is 11.4. The van der Waals surface area contributed by atoms with Crippen LogP contribution in [0.25, 0.3) is 0 Å². The first-order chi connectivity index (χ1) is 11.1. The molecule has 1 aromatic heterocycles. The molecule has 2 saturated carbocycles. The molecule has 0 bridgehead atoms.